The second kappa shape index (κ2) is 3.88. The first-order valence-electron chi connectivity index (χ1n) is 5.17. The summed E-state index contributed by atoms with van der Waals surface area (Å²) in [6.45, 7) is 2.24. The Morgan fingerprint density at radius 3 is 2.93 bits per heavy atom. The zero-order chi connectivity index (χ0) is 10.8. The summed E-state index contributed by atoms with van der Waals surface area (Å²) in [5.41, 5.74) is 6.39. The number of hydrogen-bond acceptors (Lipinski definition) is 3. The number of nitrogens with two attached hydrogens (primary N) is 1. The molecule has 0 spiro atoms. The third kappa shape index (κ3) is 2.26. The summed E-state index contributed by atoms with van der Waals surface area (Å²) >= 11 is 0. The highest BCUT2D eigenvalue weighted by Gasteiger charge is 2.24. The Hall–Kier alpha value is -1.58. The lowest BCUT2D eigenvalue weighted by Gasteiger charge is -2.34. The molecule has 0 aliphatic heterocycles. The fourth-order valence-corrected chi connectivity index (χ4v) is 1.91. The minimum atomic E-state index is -0.486. The maximum absolute atomic E-state index is 10.9. The van der Waals surface area contributed by atoms with Crippen LogP contribution in [0.2, 0.25) is 0 Å². The van der Waals surface area contributed by atoms with Gasteiger partial charge in [0.1, 0.15) is 5.69 Å². The van der Waals surface area contributed by atoms with E-state index < -0.39 is 5.91 Å². The maximum atomic E-state index is 10.9. The van der Waals surface area contributed by atoms with Crippen LogP contribution in [0.3, 0.4) is 0 Å². The van der Waals surface area contributed by atoms with Gasteiger partial charge in [0.25, 0.3) is 5.91 Å². The fraction of sp³-hybridized carbons (Fsp3) is 0.455. The van der Waals surface area contributed by atoms with Crippen molar-refractivity contribution in [3.8, 4) is 0 Å². The number of nitrogens with zero attached hydrogens (tertiary/aromatic N) is 1. The van der Waals surface area contributed by atoms with Crippen LogP contribution in [0, 0.1) is 5.92 Å². The summed E-state index contributed by atoms with van der Waals surface area (Å²) in [7, 11) is 0. The minimum Gasteiger partial charge on any atom is -0.382 e. The molecule has 0 aromatic carbocycles. The third-order valence-corrected chi connectivity index (χ3v) is 2.76. The fourth-order valence-electron chi connectivity index (χ4n) is 1.91. The van der Waals surface area contributed by atoms with E-state index in [1.165, 1.54) is 12.8 Å². The molecule has 1 aromatic rings. The van der Waals surface area contributed by atoms with Gasteiger partial charge in [-0.25, -0.2) is 0 Å². The molecule has 0 saturated heterocycles. The Balaban J connectivity index is 2.02. The lowest BCUT2D eigenvalue weighted by Crippen LogP contribution is -2.33. The molecule has 1 fully saturated rings. The van der Waals surface area contributed by atoms with Crippen LogP contribution >= 0.6 is 0 Å². The molecule has 1 aromatic heterocycles. The van der Waals surface area contributed by atoms with E-state index in [1.54, 1.807) is 12.3 Å². The highest BCUT2D eigenvalue weighted by Crippen LogP contribution is 2.29. The van der Waals surface area contributed by atoms with E-state index >= 15 is 0 Å². The Labute approximate surface area is 88.9 Å². The van der Waals surface area contributed by atoms with Gasteiger partial charge in [-0.05, 0) is 30.9 Å². The highest BCUT2D eigenvalue weighted by atomic mass is 16.1. The van der Waals surface area contributed by atoms with Gasteiger partial charge in [-0.3, -0.25) is 9.78 Å². The number of nitrogens with one attached hydrogen (secondary N) is 1. The van der Waals surface area contributed by atoms with Crippen molar-refractivity contribution in [2.45, 2.75) is 25.8 Å². The van der Waals surface area contributed by atoms with Crippen LogP contribution < -0.4 is 11.1 Å². The number of carbonyl (C=O) groups excluding carboxylic acids is 1. The number of pyridine rings is 1. The SMILES string of the molecule is CC1CC(Nc2ccnc(C(N)=O)c2)C1. The first kappa shape index (κ1) is 9.96. The van der Waals surface area contributed by atoms with Crippen molar-refractivity contribution in [1.29, 1.82) is 0 Å². The largest absolute Gasteiger partial charge is 0.382 e. The van der Waals surface area contributed by atoms with Crippen LogP contribution in [-0.4, -0.2) is 16.9 Å². The second-order valence-electron chi connectivity index (χ2n) is 4.21. The van der Waals surface area contributed by atoms with Gasteiger partial charge in [-0.1, -0.05) is 6.92 Å². The van der Waals surface area contributed by atoms with E-state index in [0.717, 1.165) is 11.6 Å². The summed E-state index contributed by atoms with van der Waals surface area (Å²) in [5.74, 6) is 0.320. The molecule has 0 radical (unpaired) electrons. The second-order valence-corrected chi connectivity index (χ2v) is 4.21. The number of rotatable bonds is 3. The molecular formula is C11H15N3O. The van der Waals surface area contributed by atoms with Crippen molar-refractivity contribution in [1.82, 2.24) is 4.98 Å². The third-order valence-electron chi connectivity index (χ3n) is 2.76. The molecule has 4 nitrogen and oxygen atoms in total. The standard InChI is InChI=1S/C11H15N3O/c1-7-4-9(5-7)14-8-2-3-13-10(6-8)11(12)15/h2-3,6-7,9H,4-5H2,1H3,(H2,12,15)(H,13,14). The van der Waals surface area contributed by atoms with Crippen molar-refractivity contribution in [3.63, 3.8) is 0 Å². The summed E-state index contributed by atoms with van der Waals surface area (Å²) in [6, 6.07) is 4.09. The number of amides is 1. The first-order chi connectivity index (χ1) is 7.15. The number of primary amides is 1. The van der Waals surface area contributed by atoms with Crippen molar-refractivity contribution in [2.24, 2.45) is 11.7 Å². The van der Waals surface area contributed by atoms with E-state index in [1.807, 2.05) is 6.07 Å². The summed E-state index contributed by atoms with van der Waals surface area (Å²) in [4.78, 5) is 14.8. The molecule has 0 atom stereocenters. The van der Waals surface area contributed by atoms with Crippen LogP contribution in [0.5, 0.6) is 0 Å². The predicted molar refractivity (Wildman–Crippen MR) is 58.6 cm³/mol. The number of carbonyl (C=O) groups is 1. The molecule has 0 unspecified atom stereocenters. The van der Waals surface area contributed by atoms with E-state index in [2.05, 4.69) is 17.2 Å². The van der Waals surface area contributed by atoms with Crippen molar-refractivity contribution in [3.05, 3.63) is 24.0 Å². The van der Waals surface area contributed by atoms with Crippen molar-refractivity contribution < 1.29 is 4.79 Å². The maximum Gasteiger partial charge on any atom is 0.267 e. The molecule has 1 heterocycles. The van der Waals surface area contributed by atoms with Gasteiger partial charge in [-0.2, -0.15) is 0 Å². The van der Waals surface area contributed by atoms with Gasteiger partial charge in [-0.15, -0.1) is 0 Å². The van der Waals surface area contributed by atoms with Crippen LogP contribution in [0.25, 0.3) is 0 Å². The van der Waals surface area contributed by atoms with Gasteiger partial charge in [0, 0.05) is 17.9 Å². The van der Waals surface area contributed by atoms with E-state index in [0.29, 0.717) is 11.7 Å². The number of anilines is 1. The van der Waals surface area contributed by atoms with E-state index in [4.69, 9.17) is 5.73 Å². The number of hydrogen-bond donors (Lipinski definition) is 2. The monoisotopic (exact) mass is 205 g/mol. The molecule has 2 rings (SSSR count). The topological polar surface area (TPSA) is 68.0 Å². The Kier molecular flexibility index (Phi) is 2.58. The van der Waals surface area contributed by atoms with Crippen LogP contribution in [0.4, 0.5) is 5.69 Å². The zero-order valence-corrected chi connectivity index (χ0v) is 8.73. The Bertz CT molecular complexity index is 372. The summed E-state index contributed by atoms with van der Waals surface area (Å²) < 4.78 is 0. The van der Waals surface area contributed by atoms with Crippen molar-refractivity contribution in [2.75, 3.05) is 5.32 Å². The van der Waals surface area contributed by atoms with E-state index in [-0.39, 0.29) is 0 Å². The summed E-state index contributed by atoms with van der Waals surface area (Å²) in [6.07, 6.45) is 3.98. The molecular weight excluding hydrogens is 190 g/mol. The molecule has 1 saturated carbocycles. The Morgan fingerprint density at radius 2 is 2.33 bits per heavy atom. The molecule has 4 heteroatoms. The molecule has 1 amide bonds. The molecule has 15 heavy (non-hydrogen) atoms. The smallest absolute Gasteiger partial charge is 0.267 e. The Morgan fingerprint density at radius 1 is 1.60 bits per heavy atom. The van der Waals surface area contributed by atoms with Crippen LogP contribution in [0.15, 0.2) is 18.3 Å². The van der Waals surface area contributed by atoms with E-state index in [9.17, 15) is 4.79 Å². The normalized spacial score (nSPS) is 24.3. The average Bonchev–Trinajstić information content (AvgIpc) is 2.16. The van der Waals surface area contributed by atoms with Gasteiger partial charge >= 0.3 is 0 Å². The van der Waals surface area contributed by atoms with Gasteiger partial charge in [0.15, 0.2) is 0 Å². The quantitative estimate of drug-likeness (QED) is 0.783. The molecule has 0 bridgehead atoms. The van der Waals surface area contributed by atoms with Gasteiger partial charge < -0.3 is 11.1 Å². The molecule has 3 N–H and O–H groups in total. The van der Waals surface area contributed by atoms with Gasteiger partial charge in [0.05, 0.1) is 0 Å². The lowest BCUT2D eigenvalue weighted by molar-refractivity contribution is 0.0995. The van der Waals surface area contributed by atoms with Crippen LogP contribution in [0.1, 0.15) is 30.3 Å². The summed E-state index contributed by atoms with van der Waals surface area (Å²) in [5, 5.41) is 3.36. The lowest BCUT2D eigenvalue weighted by atomic mass is 9.82. The number of aromatic nitrogens is 1. The molecule has 80 valence electrons. The van der Waals surface area contributed by atoms with Crippen molar-refractivity contribution >= 4 is 11.6 Å². The minimum absolute atomic E-state index is 0.312. The van der Waals surface area contributed by atoms with Gasteiger partial charge in [0.2, 0.25) is 0 Å². The average molecular weight is 205 g/mol. The highest BCUT2D eigenvalue weighted by molar-refractivity contribution is 5.91. The first-order valence-corrected chi connectivity index (χ1v) is 5.17. The zero-order valence-electron chi connectivity index (χ0n) is 8.73. The van der Waals surface area contributed by atoms with Crippen LogP contribution in [-0.2, 0) is 0 Å². The molecule has 1 aliphatic rings. The molecule has 1 aliphatic carbocycles. The predicted octanol–water partition coefficient (Wildman–Crippen LogP) is 1.39.